The van der Waals surface area contributed by atoms with Crippen molar-refractivity contribution >= 4 is 27.2 Å². The van der Waals surface area contributed by atoms with E-state index in [1.165, 1.54) is 12.1 Å². The van der Waals surface area contributed by atoms with Gasteiger partial charge < -0.3 is 19.4 Å². The number of sulfone groups is 1. The number of piperazine rings is 1. The van der Waals surface area contributed by atoms with Gasteiger partial charge in [-0.2, -0.15) is 13.2 Å². The van der Waals surface area contributed by atoms with E-state index in [0.717, 1.165) is 24.6 Å². The summed E-state index contributed by atoms with van der Waals surface area (Å²) >= 11 is 0. The molecule has 0 bridgehead atoms. The Balaban J connectivity index is 1.54. The maximum absolute atomic E-state index is 13.5. The van der Waals surface area contributed by atoms with Gasteiger partial charge in [0.1, 0.15) is 5.82 Å². The number of alkyl halides is 3. The predicted molar refractivity (Wildman–Crippen MR) is 120 cm³/mol. The maximum atomic E-state index is 13.5. The fourth-order valence-electron chi connectivity index (χ4n) is 4.07. The van der Waals surface area contributed by atoms with Crippen molar-refractivity contribution in [3.63, 3.8) is 0 Å². The van der Waals surface area contributed by atoms with Crippen LogP contribution in [0.4, 0.5) is 24.7 Å². The van der Waals surface area contributed by atoms with Crippen LogP contribution in [0.25, 0.3) is 0 Å². The molecule has 34 heavy (non-hydrogen) atoms. The highest BCUT2D eigenvalue weighted by atomic mass is 32.2. The first-order chi connectivity index (χ1) is 16.0. The summed E-state index contributed by atoms with van der Waals surface area (Å²) in [6, 6.07) is 6.48. The van der Waals surface area contributed by atoms with Crippen molar-refractivity contribution in [3.8, 4) is 0 Å². The number of ether oxygens (including phenoxy) is 1. The molecule has 0 N–H and O–H groups in total. The number of hydrogen-bond donors (Lipinski definition) is 0. The predicted octanol–water partition coefficient (Wildman–Crippen LogP) is 2.30. The topological polar surface area (TPSA) is 83.0 Å². The molecule has 1 aromatic heterocycles. The maximum Gasteiger partial charge on any atom is 0.416 e. The monoisotopic (exact) mass is 498 g/mol. The molecule has 0 unspecified atom stereocenters. The van der Waals surface area contributed by atoms with Gasteiger partial charge in [-0.3, -0.25) is 4.79 Å². The lowest BCUT2D eigenvalue weighted by Gasteiger charge is -2.37. The molecule has 1 amide bonds. The zero-order chi connectivity index (χ0) is 24.5. The Hall–Kier alpha value is -2.86. The molecule has 2 aliphatic rings. The molecule has 4 rings (SSSR count). The lowest BCUT2D eigenvalue weighted by molar-refractivity contribution is -0.137. The number of halogens is 3. The highest BCUT2D eigenvalue weighted by molar-refractivity contribution is 7.90. The number of carbonyl (C=O) groups excluding carboxylic acids is 1. The van der Waals surface area contributed by atoms with Crippen molar-refractivity contribution in [3.05, 3.63) is 47.7 Å². The van der Waals surface area contributed by atoms with Gasteiger partial charge in [0.25, 0.3) is 5.91 Å². The minimum atomic E-state index is -4.46. The fraction of sp³-hybridized carbons (Fsp3) is 0.455. The number of amides is 1. The molecule has 0 atom stereocenters. The number of carbonyl (C=O) groups is 1. The number of hydrogen-bond acceptors (Lipinski definition) is 7. The fourth-order valence-corrected chi connectivity index (χ4v) is 4.72. The lowest BCUT2D eigenvalue weighted by atomic mass is 10.1. The van der Waals surface area contributed by atoms with Gasteiger partial charge in [-0.1, -0.05) is 0 Å². The third-order valence-electron chi connectivity index (χ3n) is 5.94. The second kappa shape index (κ2) is 9.41. The van der Waals surface area contributed by atoms with Crippen molar-refractivity contribution in [1.82, 2.24) is 9.88 Å². The lowest BCUT2D eigenvalue weighted by Crippen LogP contribution is -2.49. The van der Waals surface area contributed by atoms with E-state index in [9.17, 15) is 26.4 Å². The van der Waals surface area contributed by atoms with Crippen LogP contribution in [0.5, 0.6) is 0 Å². The Bertz CT molecular complexity index is 1160. The van der Waals surface area contributed by atoms with Gasteiger partial charge in [0.15, 0.2) is 9.84 Å². The zero-order valence-corrected chi connectivity index (χ0v) is 19.4. The van der Waals surface area contributed by atoms with Crippen molar-refractivity contribution in [2.45, 2.75) is 11.1 Å². The summed E-state index contributed by atoms with van der Waals surface area (Å²) in [7, 11) is -3.52. The van der Waals surface area contributed by atoms with Crippen molar-refractivity contribution in [2.75, 3.05) is 68.5 Å². The van der Waals surface area contributed by atoms with Gasteiger partial charge in [0.05, 0.1) is 29.2 Å². The van der Waals surface area contributed by atoms with Gasteiger partial charge in [0, 0.05) is 57.4 Å². The van der Waals surface area contributed by atoms with Crippen LogP contribution >= 0.6 is 0 Å². The molecule has 184 valence electrons. The molecule has 2 fully saturated rings. The standard InChI is InChI=1S/C22H25F3N4O4S/c1-34(31,32)17-2-3-19(27-10-12-33-13-11-27)18(15-17)21(30)29-8-6-28(7-9-29)20-14-16(4-5-26-20)22(23,24)25/h2-5,14-15H,6-13H2,1H3. The van der Waals surface area contributed by atoms with Gasteiger partial charge >= 0.3 is 6.18 Å². The number of anilines is 2. The number of nitrogens with zero attached hydrogens (tertiary/aromatic N) is 4. The first-order valence-corrected chi connectivity index (χ1v) is 12.7. The summed E-state index contributed by atoms with van der Waals surface area (Å²) in [5, 5.41) is 0. The highest BCUT2D eigenvalue weighted by Crippen LogP contribution is 2.31. The number of aromatic nitrogens is 1. The zero-order valence-electron chi connectivity index (χ0n) is 18.6. The van der Waals surface area contributed by atoms with Crippen LogP contribution in [0.3, 0.4) is 0 Å². The van der Waals surface area contributed by atoms with E-state index >= 15 is 0 Å². The van der Waals surface area contributed by atoms with E-state index < -0.39 is 21.6 Å². The Morgan fingerprint density at radius 2 is 1.65 bits per heavy atom. The summed E-state index contributed by atoms with van der Waals surface area (Å²) in [5.41, 5.74) is 0.155. The van der Waals surface area contributed by atoms with Crippen LogP contribution < -0.4 is 9.80 Å². The summed E-state index contributed by atoms with van der Waals surface area (Å²) in [6.45, 7) is 3.30. The highest BCUT2D eigenvalue weighted by Gasteiger charge is 2.32. The average molecular weight is 499 g/mol. The molecule has 2 aromatic rings. The Labute approximate surface area is 195 Å². The van der Waals surface area contributed by atoms with Crippen molar-refractivity contribution in [2.24, 2.45) is 0 Å². The van der Waals surface area contributed by atoms with Crippen LogP contribution in [0, 0.1) is 0 Å². The Morgan fingerprint density at radius 1 is 0.971 bits per heavy atom. The van der Waals surface area contributed by atoms with Gasteiger partial charge in [-0.15, -0.1) is 0 Å². The van der Waals surface area contributed by atoms with Crippen molar-refractivity contribution < 1.29 is 31.1 Å². The van der Waals surface area contributed by atoms with Crippen molar-refractivity contribution in [1.29, 1.82) is 0 Å². The molecule has 0 aliphatic carbocycles. The molecule has 2 aliphatic heterocycles. The van der Waals surface area contributed by atoms with E-state index in [1.807, 2.05) is 4.90 Å². The number of morpholine rings is 1. The molecule has 2 saturated heterocycles. The SMILES string of the molecule is CS(=O)(=O)c1ccc(N2CCOCC2)c(C(=O)N2CCN(c3cc(C(F)(F)F)ccn3)CC2)c1. The van der Waals surface area contributed by atoms with Crippen LogP contribution in [0.2, 0.25) is 0 Å². The molecular formula is C22H25F3N4O4S. The summed E-state index contributed by atoms with van der Waals surface area (Å²) < 4.78 is 68.8. The number of rotatable bonds is 4. The van der Waals surface area contributed by atoms with E-state index in [4.69, 9.17) is 4.74 Å². The molecule has 8 nitrogen and oxygen atoms in total. The first-order valence-electron chi connectivity index (χ1n) is 10.8. The van der Waals surface area contributed by atoms with Crippen LogP contribution in [0.15, 0.2) is 41.4 Å². The summed E-state index contributed by atoms with van der Waals surface area (Å²) in [5.74, 6) is -0.112. The molecular weight excluding hydrogens is 473 g/mol. The molecule has 0 radical (unpaired) electrons. The van der Waals surface area contributed by atoms with Crippen LogP contribution in [-0.2, 0) is 20.8 Å². The molecule has 12 heteroatoms. The Morgan fingerprint density at radius 3 is 2.26 bits per heavy atom. The minimum absolute atomic E-state index is 0.0552. The molecule has 3 heterocycles. The third kappa shape index (κ3) is 5.27. The second-order valence-corrected chi connectivity index (χ2v) is 10.2. The van der Waals surface area contributed by atoms with Crippen LogP contribution in [0.1, 0.15) is 15.9 Å². The molecule has 0 saturated carbocycles. The Kier molecular flexibility index (Phi) is 6.72. The number of pyridine rings is 1. The second-order valence-electron chi connectivity index (χ2n) is 8.23. The van der Waals surface area contributed by atoms with Crippen LogP contribution in [-0.4, -0.2) is 82.9 Å². The molecule has 1 aromatic carbocycles. The van der Waals surface area contributed by atoms with E-state index in [2.05, 4.69) is 4.98 Å². The summed E-state index contributed by atoms with van der Waals surface area (Å²) in [6.07, 6.45) is -2.25. The van der Waals surface area contributed by atoms with E-state index in [0.29, 0.717) is 45.1 Å². The average Bonchev–Trinajstić information content (AvgIpc) is 2.83. The smallest absolute Gasteiger partial charge is 0.378 e. The summed E-state index contributed by atoms with van der Waals surface area (Å²) in [4.78, 5) is 22.9. The van der Waals surface area contributed by atoms with E-state index in [1.54, 1.807) is 15.9 Å². The first kappa shape index (κ1) is 24.3. The minimum Gasteiger partial charge on any atom is -0.378 e. The van der Waals surface area contributed by atoms with Gasteiger partial charge in [0.2, 0.25) is 0 Å². The quantitative estimate of drug-likeness (QED) is 0.640. The number of benzene rings is 1. The normalized spacial score (nSPS) is 17.7. The van der Waals surface area contributed by atoms with Gasteiger partial charge in [-0.05, 0) is 30.3 Å². The van der Waals surface area contributed by atoms with E-state index in [-0.39, 0.29) is 35.3 Å². The molecule has 0 spiro atoms. The third-order valence-corrected chi connectivity index (χ3v) is 7.05. The van der Waals surface area contributed by atoms with Gasteiger partial charge in [-0.25, -0.2) is 13.4 Å². The largest absolute Gasteiger partial charge is 0.416 e.